The maximum atomic E-state index is 12.3. The van der Waals surface area contributed by atoms with Gasteiger partial charge in [-0.2, -0.15) is 5.10 Å². The molecule has 0 unspecified atom stereocenters. The second kappa shape index (κ2) is 8.41. The molecule has 150 valence electrons. The molecule has 8 heteroatoms. The molecule has 2 aromatic carbocycles. The Kier molecular flexibility index (Phi) is 5.35. The molecule has 1 aliphatic heterocycles. The van der Waals surface area contributed by atoms with Crippen molar-refractivity contribution in [3.63, 3.8) is 0 Å². The molecule has 1 aromatic heterocycles. The number of aromatic nitrogens is 2. The van der Waals surface area contributed by atoms with E-state index in [9.17, 15) is 9.59 Å². The van der Waals surface area contributed by atoms with Crippen molar-refractivity contribution in [1.29, 1.82) is 0 Å². The van der Waals surface area contributed by atoms with Gasteiger partial charge in [0.1, 0.15) is 5.69 Å². The molecule has 0 aliphatic carbocycles. The summed E-state index contributed by atoms with van der Waals surface area (Å²) in [7, 11) is 0. The lowest BCUT2D eigenvalue weighted by Gasteiger charge is -2.00. The topological polar surface area (TPSA) is 105 Å². The summed E-state index contributed by atoms with van der Waals surface area (Å²) in [5.74, 6) is 6.77. The summed E-state index contributed by atoms with van der Waals surface area (Å²) >= 11 is 0. The van der Waals surface area contributed by atoms with Crippen LogP contribution in [-0.2, 0) is 4.79 Å². The number of hydrogen-bond donors (Lipinski definition) is 3. The van der Waals surface area contributed by atoms with Crippen LogP contribution in [0.2, 0.25) is 0 Å². The van der Waals surface area contributed by atoms with Crippen molar-refractivity contribution in [2.45, 2.75) is 6.92 Å². The number of nitrogens with zero attached hydrogens (tertiary/aromatic N) is 1. The summed E-state index contributed by atoms with van der Waals surface area (Å²) in [6.45, 7) is 1.84. The Morgan fingerprint density at radius 3 is 2.70 bits per heavy atom. The van der Waals surface area contributed by atoms with Crippen molar-refractivity contribution in [3.05, 3.63) is 59.8 Å². The van der Waals surface area contributed by atoms with Gasteiger partial charge in [-0.3, -0.25) is 14.7 Å². The fraction of sp³-hybridized carbons (Fsp3) is 0.136. The van der Waals surface area contributed by atoms with E-state index in [1.165, 1.54) is 6.92 Å². The molecular formula is C22H18N4O4. The molecule has 2 heterocycles. The lowest BCUT2D eigenvalue weighted by atomic mass is 10.1. The second-order valence-electron chi connectivity index (χ2n) is 6.48. The molecule has 0 spiro atoms. The number of amides is 2. The van der Waals surface area contributed by atoms with Gasteiger partial charge in [-0.1, -0.05) is 11.8 Å². The van der Waals surface area contributed by atoms with E-state index in [2.05, 4.69) is 32.7 Å². The quantitative estimate of drug-likeness (QED) is 0.582. The van der Waals surface area contributed by atoms with E-state index in [1.54, 1.807) is 30.3 Å². The Labute approximate surface area is 172 Å². The molecule has 3 aromatic rings. The summed E-state index contributed by atoms with van der Waals surface area (Å²) < 4.78 is 10.7. The van der Waals surface area contributed by atoms with Gasteiger partial charge in [0.05, 0.1) is 12.2 Å². The molecule has 2 amide bonds. The van der Waals surface area contributed by atoms with Crippen molar-refractivity contribution < 1.29 is 19.1 Å². The fourth-order valence-corrected chi connectivity index (χ4v) is 2.85. The highest BCUT2D eigenvalue weighted by molar-refractivity contribution is 5.93. The first-order valence-electron chi connectivity index (χ1n) is 9.18. The number of H-pyrrole nitrogens is 1. The van der Waals surface area contributed by atoms with E-state index in [0.717, 1.165) is 11.1 Å². The summed E-state index contributed by atoms with van der Waals surface area (Å²) in [6.07, 6.45) is 0. The molecule has 3 N–H and O–H groups in total. The van der Waals surface area contributed by atoms with Crippen molar-refractivity contribution in [2.75, 3.05) is 18.7 Å². The summed E-state index contributed by atoms with van der Waals surface area (Å²) in [5, 5.41) is 12.3. The highest BCUT2D eigenvalue weighted by Gasteiger charge is 2.16. The lowest BCUT2D eigenvalue weighted by Crippen LogP contribution is -2.23. The second-order valence-corrected chi connectivity index (χ2v) is 6.48. The summed E-state index contributed by atoms with van der Waals surface area (Å²) in [6, 6.07) is 14.3. The molecule has 30 heavy (non-hydrogen) atoms. The maximum Gasteiger partial charge on any atom is 0.270 e. The number of hydrogen-bond acceptors (Lipinski definition) is 5. The van der Waals surface area contributed by atoms with Crippen LogP contribution in [0.1, 0.15) is 23.0 Å². The van der Waals surface area contributed by atoms with E-state index in [4.69, 9.17) is 9.47 Å². The van der Waals surface area contributed by atoms with Gasteiger partial charge in [0.15, 0.2) is 11.5 Å². The number of carbonyl (C=O) groups is 2. The van der Waals surface area contributed by atoms with E-state index in [1.807, 2.05) is 18.2 Å². The van der Waals surface area contributed by atoms with Gasteiger partial charge in [-0.05, 0) is 48.5 Å². The normalized spacial score (nSPS) is 11.4. The third-order valence-corrected chi connectivity index (χ3v) is 4.27. The Morgan fingerprint density at radius 2 is 1.90 bits per heavy atom. The van der Waals surface area contributed by atoms with Crippen molar-refractivity contribution in [2.24, 2.45) is 0 Å². The largest absolute Gasteiger partial charge is 0.454 e. The average Bonchev–Trinajstić information content (AvgIpc) is 3.41. The number of ether oxygens (including phenoxy) is 2. The zero-order chi connectivity index (χ0) is 20.9. The van der Waals surface area contributed by atoms with Gasteiger partial charge in [0.25, 0.3) is 5.91 Å². The number of benzene rings is 2. The van der Waals surface area contributed by atoms with Crippen LogP contribution in [0.3, 0.4) is 0 Å². The lowest BCUT2D eigenvalue weighted by molar-refractivity contribution is -0.114. The molecule has 0 saturated heterocycles. The molecule has 0 bridgehead atoms. The maximum absolute atomic E-state index is 12.3. The van der Waals surface area contributed by atoms with Gasteiger partial charge in [-0.25, -0.2) is 0 Å². The molecule has 0 atom stereocenters. The highest BCUT2D eigenvalue weighted by Crippen LogP contribution is 2.35. The Hall–Kier alpha value is -4.25. The van der Waals surface area contributed by atoms with Crippen molar-refractivity contribution in [3.8, 4) is 34.6 Å². The van der Waals surface area contributed by atoms with Crippen LogP contribution < -0.4 is 20.1 Å². The van der Waals surface area contributed by atoms with Crippen LogP contribution in [0.5, 0.6) is 11.5 Å². The average molecular weight is 402 g/mol. The standard InChI is InChI=1S/C22H18N4O4/c1-14(27)24-17-7-4-15(5-8-17)3-2-10-23-22(28)19-12-18(25-26-19)16-6-9-20-21(11-16)30-13-29-20/h4-9,11-12H,10,13H2,1H3,(H,23,28)(H,24,27)(H,25,26). The van der Waals surface area contributed by atoms with Crippen LogP contribution in [0.15, 0.2) is 48.5 Å². The van der Waals surface area contributed by atoms with Crippen molar-refractivity contribution in [1.82, 2.24) is 15.5 Å². The van der Waals surface area contributed by atoms with Gasteiger partial charge in [-0.15, -0.1) is 0 Å². The predicted octanol–water partition coefficient (Wildman–Crippen LogP) is 2.55. The third-order valence-electron chi connectivity index (χ3n) is 4.27. The number of aromatic amines is 1. The predicted molar refractivity (Wildman–Crippen MR) is 110 cm³/mol. The summed E-state index contributed by atoms with van der Waals surface area (Å²) in [4.78, 5) is 23.3. The van der Waals surface area contributed by atoms with Crippen molar-refractivity contribution >= 4 is 17.5 Å². The zero-order valence-corrected chi connectivity index (χ0v) is 16.1. The number of carbonyl (C=O) groups excluding carboxylic acids is 2. The Morgan fingerprint density at radius 1 is 1.10 bits per heavy atom. The minimum Gasteiger partial charge on any atom is -0.454 e. The zero-order valence-electron chi connectivity index (χ0n) is 16.1. The van der Waals surface area contributed by atoms with Gasteiger partial charge < -0.3 is 20.1 Å². The van der Waals surface area contributed by atoms with Crippen LogP contribution in [0.25, 0.3) is 11.3 Å². The molecule has 0 radical (unpaired) electrons. The van der Waals surface area contributed by atoms with E-state index >= 15 is 0 Å². The van der Waals surface area contributed by atoms with Gasteiger partial charge in [0, 0.05) is 23.7 Å². The first kappa shape index (κ1) is 19.1. The number of fused-ring (bicyclic) bond motifs is 1. The van der Waals surface area contributed by atoms with E-state index in [0.29, 0.717) is 28.6 Å². The van der Waals surface area contributed by atoms with E-state index in [-0.39, 0.29) is 25.2 Å². The number of anilines is 1. The number of nitrogens with one attached hydrogen (secondary N) is 3. The summed E-state index contributed by atoms with van der Waals surface area (Å²) in [5.41, 5.74) is 3.27. The van der Waals surface area contributed by atoms with Gasteiger partial charge in [0.2, 0.25) is 12.7 Å². The van der Waals surface area contributed by atoms with Crippen LogP contribution >= 0.6 is 0 Å². The minimum atomic E-state index is -0.301. The first-order chi connectivity index (χ1) is 14.6. The molecule has 0 saturated carbocycles. The molecule has 8 nitrogen and oxygen atoms in total. The molecular weight excluding hydrogens is 384 g/mol. The third kappa shape index (κ3) is 4.42. The monoisotopic (exact) mass is 402 g/mol. The first-order valence-corrected chi connectivity index (χ1v) is 9.18. The SMILES string of the molecule is CC(=O)Nc1ccc(C#CCNC(=O)c2cc(-c3ccc4c(c3)OCO4)n[nH]2)cc1. The minimum absolute atomic E-state index is 0.128. The number of rotatable bonds is 4. The molecule has 1 aliphatic rings. The van der Waals surface area contributed by atoms with Crippen LogP contribution in [0, 0.1) is 11.8 Å². The van der Waals surface area contributed by atoms with Crippen LogP contribution in [-0.4, -0.2) is 35.3 Å². The Bertz CT molecular complexity index is 1160. The smallest absolute Gasteiger partial charge is 0.270 e. The molecule has 4 rings (SSSR count). The Balaban J connectivity index is 1.33. The molecule has 0 fully saturated rings. The van der Waals surface area contributed by atoms with E-state index < -0.39 is 0 Å². The fourth-order valence-electron chi connectivity index (χ4n) is 2.85. The highest BCUT2D eigenvalue weighted by atomic mass is 16.7. The van der Waals surface area contributed by atoms with Crippen LogP contribution in [0.4, 0.5) is 5.69 Å². The van der Waals surface area contributed by atoms with Gasteiger partial charge >= 0.3 is 0 Å².